The van der Waals surface area contributed by atoms with E-state index in [0.717, 1.165) is 30.8 Å². The van der Waals surface area contributed by atoms with Gasteiger partial charge < -0.3 is 14.7 Å². The number of aliphatic hydroxyl groups is 1. The molecule has 1 aromatic carbocycles. The van der Waals surface area contributed by atoms with Gasteiger partial charge in [-0.25, -0.2) is 0 Å². The average Bonchev–Trinajstić information content (AvgIpc) is 2.47. The number of benzene rings is 1. The van der Waals surface area contributed by atoms with Crippen LogP contribution in [0.5, 0.6) is 0 Å². The lowest BCUT2D eigenvalue weighted by molar-refractivity contribution is 0.0497. The fourth-order valence-electron chi connectivity index (χ4n) is 2.80. The number of nitriles is 1. The van der Waals surface area contributed by atoms with Crippen molar-refractivity contribution in [1.82, 2.24) is 0 Å². The third kappa shape index (κ3) is 2.95. The largest absolute Gasteiger partial charge is 0.389 e. The van der Waals surface area contributed by atoms with Gasteiger partial charge in [0.1, 0.15) is 0 Å². The minimum Gasteiger partial charge on any atom is -0.389 e. The van der Waals surface area contributed by atoms with Gasteiger partial charge >= 0.3 is 0 Å². The van der Waals surface area contributed by atoms with Gasteiger partial charge in [-0.15, -0.1) is 0 Å². The quantitative estimate of drug-likeness (QED) is 0.920. The molecule has 0 bridgehead atoms. The highest BCUT2D eigenvalue weighted by Gasteiger charge is 2.27. The fraction of sp³-hybridized carbons (Fsp3) is 0.562. The van der Waals surface area contributed by atoms with Crippen LogP contribution in [0.15, 0.2) is 18.2 Å². The smallest absolute Gasteiger partial charge is 0.0992 e. The molecule has 0 aromatic heterocycles. The molecule has 0 radical (unpaired) electrons. The zero-order chi connectivity index (χ0) is 14.7. The lowest BCUT2D eigenvalue weighted by Gasteiger charge is -2.38. The highest BCUT2D eigenvalue weighted by Crippen LogP contribution is 2.31. The van der Waals surface area contributed by atoms with E-state index < -0.39 is 6.10 Å². The first-order valence-electron chi connectivity index (χ1n) is 7.06. The predicted octanol–water partition coefficient (Wildman–Crippen LogP) is 2.47. The summed E-state index contributed by atoms with van der Waals surface area (Å²) in [6.07, 6.45) is 0.698. The Bertz CT molecular complexity index is 508. The third-order valence-electron chi connectivity index (χ3n) is 4.14. The average molecular weight is 274 g/mol. The molecular formula is C16H22N2O2. The number of methoxy groups -OCH3 is 1. The normalized spacial score (nSPS) is 24.2. The summed E-state index contributed by atoms with van der Waals surface area (Å²) in [4.78, 5) is 2.22. The summed E-state index contributed by atoms with van der Waals surface area (Å²) in [5.41, 5.74) is 2.44. The summed E-state index contributed by atoms with van der Waals surface area (Å²) in [6.45, 7) is 5.68. The highest BCUT2D eigenvalue weighted by atomic mass is 16.5. The van der Waals surface area contributed by atoms with Crippen LogP contribution in [0.1, 0.15) is 37.5 Å². The van der Waals surface area contributed by atoms with Crippen LogP contribution in [-0.2, 0) is 4.74 Å². The van der Waals surface area contributed by atoms with E-state index in [1.165, 1.54) is 0 Å². The Morgan fingerprint density at radius 1 is 1.50 bits per heavy atom. The van der Waals surface area contributed by atoms with Gasteiger partial charge in [0.05, 0.1) is 23.8 Å². The van der Waals surface area contributed by atoms with Crippen LogP contribution < -0.4 is 4.90 Å². The van der Waals surface area contributed by atoms with E-state index in [-0.39, 0.29) is 6.10 Å². The van der Waals surface area contributed by atoms with Crippen molar-refractivity contribution in [2.24, 2.45) is 5.92 Å². The van der Waals surface area contributed by atoms with E-state index in [4.69, 9.17) is 10.00 Å². The van der Waals surface area contributed by atoms with Gasteiger partial charge in [0.25, 0.3) is 0 Å². The first-order chi connectivity index (χ1) is 9.56. The molecule has 0 aliphatic carbocycles. The van der Waals surface area contributed by atoms with Gasteiger partial charge in [-0.05, 0) is 31.4 Å². The van der Waals surface area contributed by atoms with E-state index in [9.17, 15) is 5.11 Å². The molecule has 1 N–H and O–H groups in total. The van der Waals surface area contributed by atoms with Crippen LogP contribution in [0.25, 0.3) is 0 Å². The lowest BCUT2D eigenvalue weighted by atomic mass is 9.94. The van der Waals surface area contributed by atoms with Crippen molar-refractivity contribution in [2.75, 3.05) is 25.1 Å². The molecule has 2 rings (SSSR count). The van der Waals surface area contributed by atoms with E-state index in [0.29, 0.717) is 11.5 Å². The molecule has 1 heterocycles. The monoisotopic (exact) mass is 274 g/mol. The number of rotatable bonds is 3. The van der Waals surface area contributed by atoms with Crippen molar-refractivity contribution in [3.05, 3.63) is 29.3 Å². The highest BCUT2D eigenvalue weighted by molar-refractivity contribution is 5.59. The second-order valence-electron chi connectivity index (χ2n) is 5.55. The zero-order valence-electron chi connectivity index (χ0n) is 12.3. The van der Waals surface area contributed by atoms with Crippen LogP contribution in [0.2, 0.25) is 0 Å². The van der Waals surface area contributed by atoms with Crippen LogP contribution in [0, 0.1) is 17.2 Å². The summed E-state index contributed by atoms with van der Waals surface area (Å²) >= 11 is 0. The Labute approximate surface area is 120 Å². The van der Waals surface area contributed by atoms with Crippen molar-refractivity contribution in [1.29, 1.82) is 5.26 Å². The van der Waals surface area contributed by atoms with Crippen molar-refractivity contribution in [3.63, 3.8) is 0 Å². The molecule has 0 spiro atoms. The Kier molecular flexibility index (Phi) is 4.64. The SMILES string of the molecule is COC1CN(c2cc(C#N)ccc2C(C)O)CCC1C. The van der Waals surface area contributed by atoms with Crippen molar-refractivity contribution >= 4 is 5.69 Å². The number of piperidine rings is 1. The summed E-state index contributed by atoms with van der Waals surface area (Å²) in [7, 11) is 1.74. The minimum atomic E-state index is -0.543. The number of ether oxygens (including phenoxy) is 1. The summed E-state index contributed by atoms with van der Waals surface area (Å²) in [5.74, 6) is 0.533. The maximum Gasteiger partial charge on any atom is 0.0992 e. The fourth-order valence-corrected chi connectivity index (χ4v) is 2.80. The standard InChI is InChI=1S/C16H22N2O2/c1-11-6-7-18(10-16(11)20-3)15-8-13(9-17)4-5-14(15)12(2)19/h4-5,8,11-12,16,19H,6-7,10H2,1-3H3. The molecule has 20 heavy (non-hydrogen) atoms. The Morgan fingerprint density at radius 3 is 2.85 bits per heavy atom. The zero-order valence-corrected chi connectivity index (χ0v) is 12.3. The number of hydrogen-bond acceptors (Lipinski definition) is 4. The third-order valence-corrected chi connectivity index (χ3v) is 4.14. The Balaban J connectivity index is 2.33. The van der Waals surface area contributed by atoms with E-state index >= 15 is 0 Å². The Hall–Kier alpha value is -1.57. The molecule has 0 saturated carbocycles. The van der Waals surface area contributed by atoms with Gasteiger partial charge in [0.2, 0.25) is 0 Å². The number of hydrogen-bond donors (Lipinski definition) is 1. The lowest BCUT2D eigenvalue weighted by Crippen LogP contribution is -2.44. The molecule has 1 fully saturated rings. The van der Waals surface area contributed by atoms with Crippen LogP contribution in [0.4, 0.5) is 5.69 Å². The molecular weight excluding hydrogens is 252 g/mol. The molecule has 1 saturated heterocycles. The number of nitrogens with zero attached hydrogens (tertiary/aromatic N) is 2. The summed E-state index contributed by atoms with van der Waals surface area (Å²) < 4.78 is 5.54. The number of anilines is 1. The first kappa shape index (κ1) is 14.8. The first-order valence-corrected chi connectivity index (χ1v) is 7.06. The maximum absolute atomic E-state index is 9.93. The molecule has 3 atom stereocenters. The van der Waals surface area contributed by atoms with Crippen LogP contribution >= 0.6 is 0 Å². The molecule has 4 heteroatoms. The van der Waals surface area contributed by atoms with Gasteiger partial charge in [-0.3, -0.25) is 0 Å². The van der Waals surface area contributed by atoms with Gasteiger partial charge in [-0.1, -0.05) is 13.0 Å². The summed E-state index contributed by atoms with van der Waals surface area (Å²) in [5, 5.41) is 19.0. The molecule has 4 nitrogen and oxygen atoms in total. The molecule has 1 aliphatic rings. The molecule has 3 unspecified atom stereocenters. The van der Waals surface area contributed by atoms with E-state index in [2.05, 4.69) is 17.9 Å². The maximum atomic E-state index is 9.93. The molecule has 0 amide bonds. The van der Waals surface area contributed by atoms with Crippen molar-refractivity contribution in [3.8, 4) is 6.07 Å². The minimum absolute atomic E-state index is 0.191. The van der Waals surface area contributed by atoms with Gasteiger partial charge in [0, 0.05) is 31.5 Å². The molecule has 108 valence electrons. The second-order valence-corrected chi connectivity index (χ2v) is 5.55. The van der Waals surface area contributed by atoms with Gasteiger partial charge in [0.15, 0.2) is 0 Å². The Morgan fingerprint density at radius 2 is 2.25 bits per heavy atom. The molecule has 1 aromatic rings. The second kappa shape index (κ2) is 6.25. The molecule has 1 aliphatic heterocycles. The van der Waals surface area contributed by atoms with Crippen molar-refractivity contribution in [2.45, 2.75) is 32.5 Å². The van der Waals surface area contributed by atoms with E-state index in [1.54, 1.807) is 20.1 Å². The van der Waals surface area contributed by atoms with E-state index in [1.807, 2.05) is 12.1 Å². The van der Waals surface area contributed by atoms with Crippen molar-refractivity contribution < 1.29 is 9.84 Å². The van der Waals surface area contributed by atoms with Crippen LogP contribution in [-0.4, -0.2) is 31.4 Å². The van der Waals surface area contributed by atoms with Gasteiger partial charge in [-0.2, -0.15) is 5.26 Å². The predicted molar refractivity (Wildman–Crippen MR) is 78.6 cm³/mol. The van der Waals surface area contributed by atoms with Crippen LogP contribution in [0.3, 0.4) is 0 Å². The number of aliphatic hydroxyl groups excluding tert-OH is 1. The summed E-state index contributed by atoms with van der Waals surface area (Å²) in [6, 6.07) is 7.63. The topological polar surface area (TPSA) is 56.5 Å².